The van der Waals surface area contributed by atoms with Gasteiger partial charge in [0.15, 0.2) is 6.29 Å². The van der Waals surface area contributed by atoms with E-state index < -0.39 is 0 Å². The standard InChI is InChI=1S/C13H15N3O/c17-9-12-4-1-5-13-15-11(8-16(12)13)7-10-3-2-6-14-10/h1,4-5,8-10,14H,2-3,6-7H2. The van der Waals surface area contributed by atoms with E-state index in [0.29, 0.717) is 11.7 Å². The number of nitrogens with zero attached hydrogens (tertiary/aromatic N) is 2. The van der Waals surface area contributed by atoms with Crippen LogP contribution in [0.3, 0.4) is 0 Å². The average molecular weight is 229 g/mol. The van der Waals surface area contributed by atoms with E-state index in [4.69, 9.17) is 0 Å². The summed E-state index contributed by atoms with van der Waals surface area (Å²) < 4.78 is 1.86. The predicted molar refractivity (Wildman–Crippen MR) is 65.3 cm³/mol. The van der Waals surface area contributed by atoms with Crippen LogP contribution in [0.1, 0.15) is 29.0 Å². The number of nitrogens with one attached hydrogen (secondary N) is 1. The number of imidazole rings is 1. The van der Waals surface area contributed by atoms with Crippen LogP contribution in [0, 0.1) is 0 Å². The van der Waals surface area contributed by atoms with Gasteiger partial charge in [0.1, 0.15) is 5.65 Å². The highest BCUT2D eigenvalue weighted by Crippen LogP contribution is 2.13. The quantitative estimate of drug-likeness (QED) is 0.810. The van der Waals surface area contributed by atoms with Gasteiger partial charge in [0, 0.05) is 18.7 Å². The molecule has 1 N–H and O–H groups in total. The maximum absolute atomic E-state index is 10.9. The minimum absolute atomic E-state index is 0.541. The summed E-state index contributed by atoms with van der Waals surface area (Å²) in [6, 6.07) is 6.14. The molecule has 1 atom stereocenters. The topological polar surface area (TPSA) is 46.4 Å². The Morgan fingerprint density at radius 3 is 3.24 bits per heavy atom. The van der Waals surface area contributed by atoms with Crippen LogP contribution < -0.4 is 5.32 Å². The van der Waals surface area contributed by atoms with Gasteiger partial charge >= 0.3 is 0 Å². The molecule has 4 nitrogen and oxygen atoms in total. The van der Waals surface area contributed by atoms with E-state index in [1.807, 2.05) is 22.7 Å². The molecule has 0 aromatic carbocycles. The Labute approximate surface area is 99.7 Å². The monoisotopic (exact) mass is 229 g/mol. The minimum atomic E-state index is 0.541. The Hall–Kier alpha value is -1.68. The summed E-state index contributed by atoms with van der Waals surface area (Å²) in [6.07, 6.45) is 6.25. The second-order valence-electron chi connectivity index (χ2n) is 4.53. The van der Waals surface area contributed by atoms with Gasteiger partial charge in [0.2, 0.25) is 0 Å². The summed E-state index contributed by atoms with van der Waals surface area (Å²) in [5.41, 5.74) is 2.56. The van der Waals surface area contributed by atoms with Crippen LogP contribution in [0.5, 0.6) is 0 Å². The molecule has 3 rings (SSSR count). The number of rotatable bonds is 3. The molecule has 17 heavy (non-hydrogen) atoms. The highest BCUT2D eigenvalue weighted by molar-refractivity contribution is 5.73. The molecule has 0 spiro atoms. The largest absolute Gasteiger partial charge is 0.314 e. The molecule has 0 bridgehead atoms. The van der Waals surface area contributed by atoms with Gasteiger partial charge in [0.25, 0.3) is 0 Å². The normalized spacial score (nSPS) is 19.9. The number of fused-ring (bicyclic) bond motifs is 1. The predicted octanol–water partition coefficient (Wildman–Crippen LogP) is 1.44. The molecule has 0 amide bonds. The van der Waals surface area contributed by atoms with Gasteiger partial charge in [-0.05, 0) is 31.5 Å². The Balaban J connectivity index is 1.92. The summed E-state index contributed by atoms with van der Waals surface area (Å²) in [7, 11) is 0. The fraction of sp³-hybridized carbons (Fsp3) is 0.385. The van der Waals surface area contributed by atoms with Crippen molar-refractivity contribution in [2.45, 2.75) is 25.3 Å². The van der Waals surface area contributed by atoms with Gasteiger partial charge in [-0.25, -0.2) is 4.98 Å². The summed E-state index contributed by atoms with van der Waals surface area (Å²) in [6.45, 7) is 1.11. The van der Waals surface area contributed by atoms with Gasteiger partial charge in [-0.2, -0.15) is 0 Å². The summed E-state index contributed by atoms with van der Waals surface area (Å²) >= 11 is 0. The molecular weight excluding hydrogens is 214 g/mol. The molecular formula is C13H15N3O. The van der Waals surface area contributed by atoms with Gasteiger partial charge in [-0.15, -0.1) is 0 Å². The van der Waals surface area contributed by atoms with Crippen molar-refractivity contribution in [2.75, 3.05) is 6.54 Å². The Morgan fingerprint density at radius 2 is 2.47 bits per heavy atom. The van der Waals surface area contributed by atoms with E-state index in [1.54, 1.807) is 6.07 Å². The second kappa shape index (κ2) is 4.30. The number of aromatic nitrogens is 2. The second-order valence-corrected chi connectivity index (χ2v) is 4.53. The van der Waals surface area contributed by atoms with E-state index >= 15 is 0 Å². The smallest absolute Gasteiger partial charge is 0.166 e. The molecule has 2 aromatic heterocycles. The number of carbonyl (C=O) groups excluding carboxylic acids is 1. The van der Waals surface area contributed by atoms with Crippen LogP contribution >= 0.6 is 0 Å². The third-order valence-corrected chi connectivity index (χ3v) is 3.31. The third-order valence-electron chi connectivity index (χ3n) is 3.31. The average Bonchev–Trinajstić information content (AvgIpc) is 2.97. The van der Waals surface area contributed by atoms with E-state index in [2.05, 4.69) is 10.3 Å². The zero-order valence-electron chi connectivity index (χ0n) is 9.60. The maximum Gasteiger partial charge on any atom is 0.166 e. The number of aldehydes is 1. The van der Waals surface area contributed by atoms with Crippen LogP contribution in [0.15, 0.2) is 24.4 Å². The molecule has 0 saturated carbocycles. The highest BCUT2D eigenvalue weighted by atomic mass is 16.1. The van der Waals surface area contributed by atoms with Crippen molar-refractivity contribution in [3.8, 4) is 0 Å². The van der Waals surface area contributed by atoms with Gasteiger partial charge in [-0.1, -0.05) is 6.07 Å². The summed E-state index contributed by atoms with van der Waals surface area (Å²) in [4.78, 5) is 15.5. The Kier molecular flexibility index (Phi) is 2.65. The molecule has 88 valence electrons. The van der Waals surface area contributed by atoms with Crippen molar-refractivity contribution in [2.24, 2.45) is 0 Å². The molecule has 1 fully saturated rings. The first kappa shape index (κ1) is 10.5. The molecule has 3 heterocycles. The first-order valence-electron chi connectivity index (χ1n) is 6.02. The summed E-state index contributed by atoms with van der Waals surface area (Å²) in [5.74, 6) is 0. The van der Waals surface area contributed by atoms with Gasteiger partial charge < -0.3 is 5.32 Å². The zero-order chi connectivity index (χ0) is 11.7. The number of hydrogen-bond acceptors (Lipinski definition) is 3. The Bertz CT molecular complexity index is 541. The molecule has 1 aliphatic rings. The molecule has 2 aromatic rings. The lowest BCUT2D eigenvalue weighted by Crippen LogP contribution is -2.23. The third kappa shape index (κ3) is 1.96. The van der Waals surface area contributed by atoms with Gasteiger partial charge in [0.05, 0.1) is 11.4 Å². The van der Waals surface area contributed by atoms with Crippen LogP contribution in [0.25, 0.3) is 5.65 Å². The van der Waals surface area contributed by atoms with E-state index in [0.717, 1.165) is 30.6 Å². The molecule has 1 saturated heterocycles. The van der Waals surface area contributed by atoms with E-state index in [-0.39, 0.29) is 0 Å². The lowest BCUT2D eigenvalue weighted by Gasteiger charge is -2.06. The van der Waals surface area contributed by atoms with Crippen LogP contribution in [-0.2, 0) is 6.42 Å². The van der Waals surface area contributed by atoms with E-state index in [1.165, 1.54) is 12.8 Å². The number of pyridine rings is 1. The summed E-state index contributed by atoms with van der Waals surface area (Å²) in [5, 5.41) is 3.46. The molecule has 0 aliphatic carbocycles. The van der Waals surface area contributed by atoms with Crippen LogP contribution in [0.2, 0.25) is 0 Å². The minimum Gasteiger partial charge on any atom is -0.314 e. The van der Waals surface area contributed by atoms with Crippen LogP contribution in [-0.4, -0.2) is 28.3 Å². The van der Waals surface area contributed by atoms with E-state index in [9.17, 15) is 4.79 Å². The highest BCUT2D eigenvalue weighted by Gasteiger charge is 2.16. The van der Waals surface area contributed by atoms with Crippen molar-refractivity contribution in [3.05, 3.63) is 35.8 Å². The Morgan fingerprint density at radius 1 is 1.53 bits per heavy atom. The van der Waals surface area contributed by atoms with Gasteiger partial charge in [-0.3, -0.25) is 9.20 Å². The molecule has 4 heteroatoms. The van der Waals surface area contributed by atoms with Crippen LogP contribution in [0.4, 0.5) is 0 Å². The lowest BCUT2D eigenvalue weighted by atomic mass is 10.1. The molecule has 1 unspecified atom stereocenters. The number of hydrogen-bond donors (Lipinski definition) is 1. The molecule has 1 aliphatic heterocycles. The van der Waals surface area contributed by atoms with Crippen molar-refractivity contribution >= 4 is 11.9 Å². The maximum atomic E-state index is 10.9. The first-order valence-corrected chi connectivity index (χ1v) is 6.02. The molecule has 0 radical (unpaired) electrons. The van der Waals surface area contributed by atoms with Crippen molar-refractivity contribution < 1.29 is 4.79 Å². The lowest BCUT2D eigenvalue weighted by molar-refractivity contribution is 0.111. The number of carbonyl (C=O) groups is 1. The zero-order valence-corrected chi connectivity index (χ0v) is 9.60. The van der Waals surface area contributed by atoms with Crippen molar-refractivity contribution in [3.63, 3.8) is 0 Å². The SMILES string of the molecule is O=Cc1cccc2nc(CC3CCCN3)cn12. The van der Waals surface area contributed by atoms with Crippen molar-refractivity contribution in [1.29, 1.82) is 0 Å². The van der Waals surface area contributed by atoms with Crippen molar-refractivity contribution in [1.82, 2.24) is 14.7 Å². The fourth-order valence-electron chi connectivity index (χ4n) is 2.46. The first-order chi connectivity index (χ1) is 8.36. The fourth-order valence-corrected chi connectivity index (χ4v) is 2.46.